The molecule has 2 N–H and O–H groups in total. The van der Waals surface area contributed by atoms with Crippen LogP contribution in [0.3, 0.4) is 0 Å². The van der Waals surface area contributed by atoms with E-state index in [2.05, 4.69) is 20.6 Å². The zero-order chi connectivity index (χ0) is 26.4. The molecule has 3 heterocycles. The van der Waals surface area contributed by atoms with Crippen molar-refractivity contribution in [1.82, 2.24) is 25.5 Å². The topological polar surface area (TPSA) is 87.2 Å². The number of rotatable bonds is 9. The third kappa shape index (κ3) is 6.92. The van der Waals surface area contributed by atoms with Gasteiger partial charge in [0, 0.05) is 43.1 Å². The number of halogens is 3. The van der Waals surface area contributed by atoms with Crippen LogP contribution in [0.5, 0.6) is 0 Å². The summed E-state index contributed by atoms with van der Waals surface area (Å²) in [5, 5.41) is 8.78. The minimum Gasteiger partial charge on any atom is -0.352 e. The molecular formula is C26H28F3N5O2S. The Kier molecular flexibility index (Phi) is 8.55. The van der Waals surface area contributed by atoms with Gasteiger partial charge in [-0.25, -0.2) is 4.98 Å². The van der Waals surface area contributed by atoms with E-state index in [0.29, 0.717) is 49.3 Å². The van der Waals surface area contributed by atoms with Crippen LogP contribution in [-0.2, 0) is 12.7 Å². The Balaban J connectivity index is 1.25. The van der Waals surface area contributed by atoms with Crippen molar-refractivity contribution in [3.63, 3.8) is 0 Å². The second-order valence-corrected chi connectivity index (χ2v) is 9.82. The number of aryl methyl sites for hydroxylation is 1. The molecule has 3 aromatic rings. The van der Waals surface area contributed by atoms with Gasteiger partial charge in [0.25, 0.3) is 11.8 Å². The van der Waals surface area contributed by atoms with Gasteiger partial charge in [-0.2, -0.15) is 13.2 Å². The fraction of sp³-hybridized carbons (Fsp3) is 0.385. The number of carbonyl (C=O) groups is 2. The lowest BCUT2D eigenvalue weighted by Gasteiger charge is -2.23. The number of likely N-dealkylation sites (tertiary alicyclic amines) is 1. The lowest BCUT2D eigenvalue weighted by molar-refractivity contribution is -0.137. The highest BCUT2D eigenvalue weighted by Gasteiger charge is 2.33. The van der Waals surface area contributed by atoms with E-state index in [-0.39, 0.29) is 17.9 Å². The summed E-state index contributed by atoms with van der Waals surface area (Å²) in [5.74, 6) is -0.509. The number of benzene rings is 1. The fourth-order valence-electron chi connectivity index (χ4n) is 4.25. The van der Waals surface area contributed by atoms with E-state index in [1.807, 2.05) is 12.3 Å². The number of nitrogens with one attached hydrogen (secondary N) is 2. The highest BCUT2D eigenvalue weighted by Crippen LogP contribution is 2.34. The van der Waals surface area contributed by atoms with Crippen molar-refractivity contribution in [2.24, 2.45) is 0 Å². The van der Waals surface area contributed by atoms with Crippen molar-refractivity contribution in [2.75, 3.05) is 19.6 Å². The zero-order valence-electron chi connectivity index (χ0n) is 20.3. The maximum Gasteiger partial charge on any atom is 0.416 e. The van der Waals surface area contributed by atoms with Crippen LogP contribution in [0.25, 0.3) is 0 Å². The number of pyridine rings is 1. The average Bonchev–Trinajstić information content (AvgIpc) is 3.54. The van der Waals surface area contributed by atoms with Gasteiger partial charge in [0.15, 0.2) is 0 Å². The van der Waals surface area contributed by atoms with Crippen LogP contribution in [0, 0.1) is 6.92 Å². The van der Waals surface area contributed by atoms with Gasteiger partial charge < -0.3 is 15.5 Å². The summed E-state index contributed by atoms with van der Waals surface area (Å²) >= 11 is 1.55. The standard InChI is InChI=1S/C26H28F3N5O2S/c1-17-16-37-24(33-17)22-7-3-10-34(22)25(36)20-12-19(14-31-15-20)23(35)32-9-4-8-30-13-18-5-2-6-21(11-18)26(27,28)29/h2,5-6,11-12,14-16,22,30H,3-4,7-10,13H2,1H3,(H,32,35)/t22-/m1/s1. The van der Waals surface area contributed by atoms with Crippen molar-refractivity contribution in [3.8, 4) is 0 Å². The first-order valence-corrected chi connectivity index (χ1v) is 12.9. The molecule has 0 aliphatic carbocycles. The molecule has 7 nitrogen and oxygen atoms in total. The first kappa shape index (κ1) is 26.7. The molecule has 1 aromatic carbocycles. The Hall–Kier alpha value is -3.31. The number of thiazole rings is 1. The predicted molar refractivity (Wildman–Crippen MR) is 134 cm³/mol. The molecule has 37 heavy (non-hydrogen) atoms. The monoisotopic (exact) mass is 531 g/mol. The van der Waals surface area contributed by atoms with Crippen LogP contribution in [-0.4, -0.2) is 46.3 Å². The lowest BCUT2D eigenvalue weighted by Crippen LogP contribution is -2.31. The van der Waals surface area contributed by atoms with Gasteiger partial charge in [0.1, 0.15) is 5.01 Å². The van der Waals surface area contributed by atoms with Crippen LogP contribution in [0.1, 0.15) is 67.8 Å². The number of nitrogens with zero attached hydrogens (tertiary/aromatic N) is 3. The molecule has 2 amide bonds. The Bertz CT molecular complexity index is 1250. The highest BCUT2D eigenvalue weighted by molar-refractivity contribution is 7.09. The quantitative estimate of drug-likeness (QED) is 0.389. The van der Waals surface area contributed by atoms with Gasteiger partial charge in [0.2, 0.25) is 0 Å². The number of hydrogen-bond acceptors (Lipinski definition) is 6. The van der Waals surface area contributed by atoms with Crippen molar-refractivity contribution in [1.29, 1.82) is 0 Å². The lowest BCUT2D eigenvalue weighted by atomic mass is 10.1. The maximum absolute atomic E-state index is 13.2. The maximum atomic E-state index is 13.2. The molecular weight excluding hydrogens is 503 g/mol. The Morgan fingerprint density at radius 2 is 1.97 bits per heavy atom. The molecule has 1 saturated heterocycles. The molecule has 4 rings (SSSR count). The van der Waals surface area contributed by atoms with E-state index in [4.69, 9.17) is 0 Å². The molecule has 0 bridgehead atoms. The summed E-state index contributed by atoms with van der Waals surface area (Å²) in [6.45, 7) is 3.74. The molecule has 0 radical (unpaired) electrons. The van der Waals surface area contributed by atoms with Crippen LogP contribution in [0.2, 0.25) is 0 Å². The van der Waals surface area contributed by atoms with E-state index in [9.17, 15) is 22.8 Å². The van der Waals surface area contributed by atoms with Crippen molar-refractivity contribution < 1.29 is 22.8 Å². The number of hydrogen-bond donors (Lipinski definition) is 2. The van der Waals surface area contributed by atoms with Crippen molar-refractivity contribution in [2.45, 2.75) is 44.9 Å². The normalized spacial score (nSPS) is 15.7. The largest absolute Gasteiger partial charge is 0.416 e. The first-order valence-electron chi connectivity index (χ1n) is 12.1. The van der Waals surface area contributed by atoms with Gasteiger partial charge in [-0.05, 0) is 50.4 Å². The molecule has 0 unspecified atom stereocenters. The number of carbonyl (C=O) groups excluding carboxylic acids is 2. The minimum atomic E-state index is -4.37. The van der Waals surface area contributed by atoms with Crippen molar-refractivity contribution >= 4 is 23.2 Å². The Morgan fingerprint density at radius 1 is 1.16 bits per heavy atom. The summed E-state index contributed by atoms with van der Waals surface area (Å²) in [7, 11) is 0. The Morgan fingerprint density at radius 3 is 2.73 bits per heavy atom. The van der Waals surface area contributed by atoms with Crippen LogP contribution in [0.15, 0.2) is 48.1 Å². The second-order valence-electron chi connectivity index (χ2n) is 8.93. The Labute approximate surface area is 217 Å². The average molecular weight is 532 g/mol. The SMILES string of the molecule is Cc1csc([C@H]2CCCN2C(=O)c2cncc(C(=O)NCCCNCc3cccc(C(F)(F)F)c3)c2)n1. The molecule has 1 aliphatic rings. The molecule has 1 fully saturated rings. The van der Waals surface area contributed by atoms with Gasteiger partial charge >= 0.3 is 6.18 Å². The van der Waals surface area contributed by atoms with Crippen molar-refractivity contribution in [3.05, 3.63) is 81.1 Å². The summed E-state index contributed by atoms with van der Waals surface area (Å²) in [6.07, 6.45) is 0.856. The molecule has 2 aromatic heterocycles. The summed E-state index contributed by atoms with van der Waals surface area (Å²) in [5.41, 5.74) is 1.45. The molecule has 196 valence electrons. The molecule has 1 atom stereocenters. The van der Waals surface area contributed by atoms with Gasteiger partial charge in [-0.1, -0.05) is 18.2 Å². The van der Waals surface area contributed by atoms with Crippen LogP contribution in [0.4, 0.5) is 13.2 Å². The number of amides is 2. The number of alkyl halides is 3. The molecule has 0 spiro atoms. The van der Waals surface area contributed by atoms with E-state index < -0.39 is 11.7 Å². The fourth-order valence-corrected chi connectivity index (χ4v) is 5.19. The summed E-state index contributed by atoms with van der Waals surface area (Å²) < 4.78 is 38.5. The van der Waals surface area contributed by atoms with Gasteiger partial charge in [-0.15, -0.1) is 11.3 Å². The highest BCUT2D eigenvalue weighted by atomic mass is 32.1. The smallest absolute Gasteiger partial charge is 0.352 e. The van der Waals surface area contributed by atoms with E-state index in [1.54, 1.807) is 28.4 Å². The number of aromatic nitrogens is 2. The second kappa shape index (κ2) is 11.8. The zero-order valence-corrected chi connectivity index (χ0v) is 21.2. The third-order valence-electron chi connectivity index (χ3n) is 6.08. The van der Waals surface area contributed by atoms with E-state index in [0.717, 1.165) is 35.7 Å². The van der Waals surface area contributed by atoms with Gasteiger partial charge in [-0.3, -0.25) is 14.6 Å². The first-order chi connectivity index (χ1) is 17.7. The molecule has 0 saturated carbocycles. The minimum absolute atomic E-state index is 0.0629. The molecule has 1 aliphatic heterocycles. The van der Waals surface area contributed by atoms with Gasteiger partial charge in [0.05, 0.1) is 22.7 Å². The summed E-state index contributed by atoms with van der Waals surface area (Å²) in [6, 6.07) is 6.68. The van der Waals surface area contributed by atoms with E-state index in [1.165, 1.54) is 18.5 Å². The third-order valence-corrected chi connectivity index (χ3v) is 7.15. The predicted octanol–water partition coefficient (Wildman–Crippen LogP) is 4.75. The van der Waals surface area contributed by atoms with Crippen LogP contribution >= 0.6 is 11.3 Å². The summed E-state index contributed by atoms with van der Waals surface area (Å²) in [4.78, 5) is 36.2. The molecule has 11 heteroatoms. The van der Waals surface area contributed by atoms with E-state index >= 15 is 0 Å². The van der Waals surface area contributed by atoms with Crippen LogP contribution < -0.4 is 10.6 Å².